The molecule has 2 atom stereocenters. The molecule has 0 saturated carbocycles. The Morgan fingerprint density at radius 3 is 2.67 bits per heavy atom. The van der Waals surface area contributed by atoms with Crippen molar-refractivity contribution in [2.24, 2.45) is 5.92 Å². The van der Waals surface area contributed by atoms with E-state index in [0.717, 1.165) is 38.6 Å². The van der Waals surface area contributed by atoms with Crippen LogP contribution >= 0.6 is 0 Å². The third-order valence-corrected chi connectivity index (χ3v) is 3.84. The number of hydrogen-bond acceptors (Lipinski definition) is 3. The largest absolute Gasteiger partial charge is 0.356 e. The molecular formula is C14H29N3O. The van der Waals surface area contributed by atoms with Crippen molar-refractivity contribution in [1.29, 1.82) is 0 Å². The molecule has 0 radical (unpaired) electrons. The summed E-state index contributed by atoms with van der Waals surface area (Å²) in [4.78, 5) is 13.9. The van der Waals surface area contributed by atoms with E-state index in [2.05, 4.69) is 29.4 Å². The molecule has 0 bridgehead atoms. The van der Waals surface area contributed by atoms with Crippen LogP contribution in [0.15, 0.2) is 0 Å². The van der Waals surface area contributed by atoms with Gasteiger partial charge in [-0.25, -0.2) is 0 Å². The van der Waals surface area contributed by atoms with Crippen molar-refractivity contribution in [2.75, 3.05) is 32.7 Å². The number of carbonyl (C=O) groups excluding carboxylic acids is 1. The summed E-state index contributed by atoms with van der Waals surface area (Å²) in [6, 6.07) is 0.667. The van der Waals surface area contributed by atoms with Gasteiger partial charge in [-0.1, -0.05) is 20.3 Å². The molecule has 1 saturated heterocycles. The van der Waals surface area contributed by atoms with Crippen LogP contribution in [0.4, 0.5) is 0 Å². The minimum absolute atomic E-state index is 0.180. The van der Waals surface area contributed by atoms with Crippen LogP contribution in [-0.2, 0) is 4.79 Å². The predicted octanol–water partition coefficient (Wildman–Crippen LogP) is 1.22. The van der Waals surface area contributed by atoms with Crippen molar-refractivity contribution in [3.05, 3.63) is 0 Å². The number of piperidine rings is 1. The second kappa shape index (κ2) is 8.48. The summed E-state index contributed by atoms with van der Waals surface area (Å²) in [5.41, 5.74) is 0. The second-order valence-electron chi connectivity index (χ2n) is 5.13. The molecule has 2 N–H and O–H groups in total. The lowest BCUT2D eigenvalue weighted by atomic mass is 9.90. The molecular weight excluding hydrogens is 226 g/mol. The SMILES string of the molecule is CCNC(=O)CCN1CCC(NCC)C(CC)C1. The molecule has 0 spiro atoms. The van der Waals surface area contributed by atoms with E-state index in [-0.39, 0.29) is 5.91 Å². The van der Waals surface area contributed by atoms with E-state index < -0.39 is 0 Å². The van der Waals surface area contributed by atoms with Crippen molar-refractivity contribution in [2.45, 2.75) is 46.1 Å². The van der Waals surface area contributed by atoms with Gasteiger partial charge in [0.15, 0.2) is 0 Å². The maximum absolute atomic E-state index is 11.5. The molecule has 0 aromatic carbocycles. The molecule has 1 aliphatic heterocycles. The molecule has 2 unspecified atom stereocenters. The maximum Gasteiger partial charge on any atom is 0.221 e. The average Bonchev–Trinajstić information content (AvgIpc) is 2.38. The Morgan fingerprint density at radius 2 is 2.06 bits per heavy atom. The van der Waals surface area contributed by atoms with Gasteiger partial charge in [0, 0.05) is 32.1 Å². The molecule has 0 aromatic rings. The van der Waals surface area contributed by atoms with Gasteiger partial charge in [-0.2, -0.15) is 0 Å². The zero-order chi connectivity index (χ0) is 13.4. The molecule has 18 heavy (non-hydrogen) atoms. The summed E-state index contributed by atoms with van der Waals surface area (Å²) in [7, 11) is 0. The summed E-state index contributed by atoms with van der Waals surface area (Å²) in [6.07, 6.45) is 3.06. The topological polar surface area (TPSA) is 44.4 Å². The standard InChI is InChI=1S/C14H29N3O/c1-4-12-11-17(9-7-13(12)15-5-2)10-8-14(18)16-6-3/h12-13,15H,4-11H2,1-3H3,(H,16,18). The smallest absolute Gasteiger partial charge is 0.221 e. The van der Waals surface area contributed by atoms with Crippen molar-refractivity contribution in [1.82, 2.24) is 15.5 Å². The summed E-state index contributed by atoms with van der Waals surface area (Å²) >= 11 is 0. The van der Waals surface area contributed by atoms with E-state index in [1.807, 2.05) is 6.92 Å². The minimum atomic E-state index is 0.180. The van der Waals surface area contributed by atoms with Crippen molar-refractivity contribution in [3.63, 3.8) is 0 Å². The number of hydrogen-bond donors (Lipinski definition) is 2. The van der Waals surface area contributed by atoms with Crippen LogP contribution in [0.2, 0.25) is 0 Å². The van der Waals surface area contributed by atoms with E-state index >= 15 is 0 Å². The third kappa shape index (κ3) is 4.94. The number of carbonyl (C=O) groups is 1. The number of nitrogens with zero attached hydrogens (tertiary/aromatic N) is 1. The lowest BCUT2D eigenvalue weighted by Gasteiger charge is -2.38. The number of amides is 1. The fourth-order valence-corrected chi connectivity index (χ4v) is 2.80. The second-order valence-corrected chi connectivity index (χ2v) is 5.13. The molecule has 1 aliphatic rings. The van der Waals surface area contributed by atoms with E-state index in [4.69, 9.17) is 0 Å². The van der Waals surface area contributed by atoms with Gasteiger partial charge in [-0.15, -0.1) is 0 Å². The van der Waals surface area contributed by atoms with Gasteiger partial charge >= 0.3 is 0 Å². The summed E-state index contributed by atoms with van der Waals surface area (Å²) in [6.45, 7) is 11.4. The Morgan fingerprint density at radius 1 is 1.28 bits per heavy atom. The van der Waals surface area contributed by atoms with E-state index in [1.54, 1.807) is 0 Å². The van der Waals surface area contributed by atoms with E-state index in [9.17, 15) is 4.79 Å². The Hall–Kier alpha value is -0.610. The number of rotatable bonds is 7. The highest BCUT2D eigenvalue weighted by atomic mass is 16.1. The van der Waals surface area contributed by atoms with Gasteiger partial charge in [0.1, 0.15) is 0 Å². The van der Waals surface area contributed by atoms with Crippen LogP contribution in [0, 0.1) is 5.92 Å². The van der Waals surface area contributed by atoms with Crippen molar-refractivity contribution < 1.29 is 4.79 Å². The van der Waals surface area contributed by atoms with E-state index in [1.165, 1.54) is 12.8 Å². The van der Waals surface area contributed by atoms with Crippen LogP contribution in [0.25, 0.3) is 0 Å². The highest BCUT2D eigenvalue weighted by Gasteiger charge is 2.27. The quantitative estimate of drug-likeness (QED) is 0.719. The lowest BCUT2D eigenvalue weighted by Crippen LogP contribution is -2.49. The maximum atomic E-state index is 11.5. The van der Waals surface area contributed by atoms with Crippen molar-refractivity contribution in [3.8, 4) is 0 Å². The Kier molecular flexibility index (Phi) is 7.28. The van der Waals surface area contributed by atoms with Gasteiger partial charge in [0.25, 0.3) is 0 Å². The first-order chi connectivity index (χ1) is 8.71. The fraction of sp³-hybridized carbons (Fsp3) is 0.929. The molecule has 4 heteroatoms. The molecule has 1 fully saturated rings. The van der Waals surface area contributed by atoms with Gasteiger partial charge in [-0.3, -0.25) is 4.79 Å². The molecule has 1 heterocycles. The van der Waals surface area contributed by atoms with E-state index in [0.29, 0.717) is 12.5 Å². The Labute approximate surface area is 111 Å². The highest BCUT2D eigenvalue weighted by molar-refractivity contribution is 5.75. The normalized spacial score (nSPS) is 25.1. The summed E-state index contributed by atoms with van der Waals surface area (Å²) < 4.78 is 0. The van der Waals surface area contributed by atoms with Crippen LogP contribution in [0.3, 0.4) is 0 Å². The fourth-order valence-electron chi connectivity index (χ4n) is 2.80. The Bertz CT molecular complexity index is 245. The van der Waals surface area contributed by atoms with Crippen LogP contribution in [0.5, 0.6) is 0 Å². The van der Waals surface area contributed by atoms with Gasteiger partial charge in [0.2, 0.25) is 5.91 Å². The highest BCUT2D eigenvalue weighted by Crippen LogP contribution is 2.20. The summed E-state index contributed by atoms with van der Waals surface area (Å²) in [5, 5.41) is 6.45. The zero-order valence-electron chi connectivity index (χ0n) is 12.2. The Balaban J connectivity index is 2.31. The van der Waals surface area contributed by atoms with Gasteiger partial charge in [0.05, 0.1) is 0 Å². The zero-order valence-corrected chi connectivity index (χ0v) is 12.2. The first kappa shape index (κ1) is 15.4. The number of likely N-dealkylation sites (tertiary alicyclic amines) is 1. The molecule has 4 nitrogen and oxygen atoms in total. The molecule has 1 rings (SSSR count). The molecule has 0 aliphatic carbocycles. The van der Waals surface area contributed by atoms with Crippen LogP contribution in [-0.4, -0.2) is 49.6 Å². The average molecular weight is 255 g/mol. The first-order valence-electron chi connectivity index (χ1n) is 7.43. The number of nitrogens with one attached hydrogen (secondary N) is 2. The third-order valence-electron chi connectivity index (χ3n) is 3.84. The molecule has 0 aromatic heterocycles. The van der Waals surface area contributed by atoms with Crippen LogP contribution in [0.1, 0.15) is 40.0 Å². The first-order valence-corrected chi connectivity index (χ1v) is 7.43. The van der Waals surface area contributed by atoms with Gasteiger partial charge < -0.3 is 15.5 Å². The molecule has 1 amide bonds. The van der Waals surface area contributed by atoms with Crippen LogP contribution < -0.4 is 10.6 Å². The lowest BCUT2D eigenvalue weighted by molar-refractivity contribution is -0.121. The van der Waals surface area contributed by atoms with Gasteiger partial charge in [-0.05, 0) is 32.4 Å². The van der Waals surface area contributed by atoms with Crippen molar-refractivity contribution >= 4 is 5.91 Å². The molecule has 106 valence electrons. The predicted molar refractivity (Wildman–Crippen MR) is 75.6 cm³/mol. The monoisotopic (exact) mass is 255 g/mol. The summed E-state index contributed by atoms with van der Waals surface area (Å²) in [5.74, 6) is 0.910. The minimum Gasteiger partial charge on any atom is -0.356 e.